The van der Waals surface area contributed by atoms with Gasteiger partial charge in [-0.15, -0.1) is 6.58 Å². The number of hydrogen-bond donors (Lipinski definition) is 1. The lowest BCUT2D eigenvalue weighted by molar-refractivity contribution is -0.154. The second kappa shape index (κ2) is 12.0. The molecule has 3 aliphatic rings. The molecular formula is C26H40N2O6. The number of nitrogens with zero attached hydrogens (tertiary/aromatic N) is 2. The summed E-state index contributed by atoms with van der Waals surface area (Å²) in [5, 5.41) is 9.05. The molecule has 0 saturated carbocycles. The zero-order chi connectivity index (χ0) is 24.7. The molecule has 1 spiro atoms. The quantitative estimate of drug-likeness (QED) is 0.222. The molecule has 2 unspecified atom stereocenters. The molecule has 0 radical (unpaired) electrons. The highest BCUT2D eigenvalue weighted by molar-refractivity contribution is 5.98. The molecule has 0 aromatic carbocycles. The summed E-state index contributed by atoms with van der Waals surface area (Å²) in [4.78, 5) is 44.1. The summed E-state index contributed by atoms with van der Waals surface area (Å²) in [6.07, 6.45) is 8.97. The van der Waals surface area contributed by atoms with E-state index in [0.717, 1.165) is 38.5 Å². The van der Waals surface area contributed by atoms with Crippen LogP contribution in [0.3, 0.4) is 0 Å². The minimum Gasteiger partial charge on any atom is -0.461 e. The number of hydrogen-bond acceptors (Lipinski definition) is 6. The van der Waals surface area contributed by atoms with E-state index in [9.17, 15) is 14.4 Å². The standard InChI is InChI=1S/C26H40N2O6/c1-4-7-15-27(14-5-2)24(31)22-26-13-12-19(34-26)20(25(32)33-18-6-3)21(26)23(30)28(22)16-10-8-9-11-17-29/h5-6,19-22,29H,2-4,7-18H2,1H3/t19-,20+,21+,22?,26?/m1/s1. The Balaban J connectivity index is 1.90. The molecule has 1 N–H and O–H groups in total. The second-order valence-corrected chi connectivity index (χ2v) is 9.57. The Labute approximate surface area is 202 Å². The van der Waals surface area contributed by atoms with E-state index in [1.807, 2.05) is 0 Å². The molecule has 190 valence electrons. The van der Waals surface area contributed by atoms with E-state index >= 15 is 0 Å². The Bertz CT molecular complexity index is 770. The van der Waals surface area contributed by atoms with Crippen molar-refractivity contribution < 1.29 is 29.0 Å². The predicted molar refractivity (Wildman–Crippen MR) is 128 cm³/mol. The lowest BCUT2D eigenvalue weighted by atomic mass is 9.70. The van der Waals surface area contributed by atoms with Crippen LogP contribution in [0.5, 0.6) is 0 Å². The number of esters is 1. The van der Waals surface area contributed by atoms with Gasteiger partial charge in [0.15, 0.2) is 0 Å². The fraction of sp³-hybridized carbons (Fsp3) is 0.731. The van der Waals surface area contributed by atoms with Gasteiger partial charge >= 0.3 is 5.97 Å². The Kier molecular flexibility index (Phi) is 9.31. The van der Waals surface area contributed by atoms with Crippen molar-refractivity contribution >= 4 is 17.8 Å². The molecule has 0 aromatic rings. The molecule has 3 saturated heterocycles. The fourth-order valence-electron chi connectivity index (χ4n) is 5.89. The molecule has 3 heterocycles. The smallest absolute Gasteiger partial charge is 0.312 e. The van der Waals surface area contributed by atoms with E-state index in [-0.39, 0.29) is 25.0 Å². The van der Waals surface area contributed by atoms with Gasteiger partial charge in [0.2, 0.25) is 11.8 Å². The van der Waals surface area contributed by atoms with Gasteiger partial charge in [-0.2, -0.15) is 0 Å². The van der Waals surface area contributed by atoms with Gasteiger partial charge in [0.05, 0.1) is 17.9 Å². The van der Waals surface area contributed by atoms with Gasteiger partial charge in [-0.05, 0) is 32.1 Å². The van der Waals surface area contributed by atoms with Crippen molar-refractivity contribution in [3.63, 3.8) is 0 Å². The van der Waals surface area contributed by atoms with Gasteiger partial charge in [0.25, 0.3) is 0 Å². The lowest BCUT2D eigenvalue weighted by Gasteiger charge is -2.36. The molecule has 8 nitrogen and oxygen atoms in total. The zero-order valence-corrected chi connectivity index (χ0v) is 20.5. The molecule has 2 amide bonds. The summed E-state index contributed by atoms with van der Waals surface area (Å²) in [6.45, 7) is 11.1. The topological polar surface area (TPSA) is 96.4 Å². The number of fused-ring (bicyclic) bond motifs is 1. The van der Waals surface area contributed by atoms with Crippen LogP contribution in [0.25, 0.3) is 0 Å². The Morgan fingerprint density at radius 3 is 2.68 bits per heavy atom. The normalized spacial score (nSPS) is 29.2. The van der Waals surface area contributed by atoms with Crippen LogP contribution in [-0.2, 0) is 23.9 Å². The summed E-state index contributed by atoms with van der Waals surface area (Å²) in [5.74, 6) is -2.15. The molecule has 5 atom stereocenters. The summed E-state index contributed by atoms with van der Waals surface area (Å²) in [6, 6.07) is -0.748. The Morgan fingerprint density at radius 2 is 2.00 bits per heavy atom. The van der Waals surface area contributed by atoms with Gasteiger partial charge in [0.1, 0.15) is 18.2 Å². The monoisotopic (exact) mass is 476 g/mol. The Morgan fingerprint density at radius 1 is 1.24 bits per heavy atom. The van der Waals surface area contributed by atoms with Crippen LogP contribution in [0.15, 0.2) is 25.3 Å². The summed E-state index contributed by atoms with van der Waals surface area (Å²) in [7, 11) is 0. The molecule has 8 heteroatoms. The summed E-state index contributed by atoms with van der Waals surface area (Å²) >= 11 is 0. The maximum atomic E-state index is 13.9. The first-order valence-corrected chi connectivity index (χ1v) is 12.7. The van der Waals surface area contributed by atoms with Crippen molar-refractivity contribution in [3.05, 3.63) is 25.3 Å². The van der Waals surface area contributed by atoms with E-state index in [2.05, 4.69) is 20.1 Å². The number of likely N-dealkylation sites (tertiary alicyclic amines) is 1. The largest absolute Gasteiger partial charge is 0.461 e. The number of carbonyl (C=O) groups is 3. The number of rotatable bonds is 15. The third kappa shape index (κ3) is 4.93. The zero-order valence-electron chi connectivity index (χ0n) is 20.5. The van der Waals surface area contributed by atoms with E-state index in [4.69, 9.17) is 14.6 Å². The second-order valence-electron chi connectivity index (χ2n) is 9.57. The lowest BCUT2D eigenvalue weighted by Crippen LogP contribution is -2.56. The predicted octanol–water partition coefficient (Wildman–Crippen LogP) is 2.46. The molecule has 0 aliphatic carbocycles. The van der Waals surface area contributed by atoms with Crippen LogP contribution in [-0.4, -0.2) is 83.3 Å². The molecular weight excluding hydrogens is 436 g/mol. The SMILES string of the molecule is C=CCOC(=O)[C@@H]1[C@H]2C(=O)N(CCCCCCO)C(C(=O)N(CC=C)CCCC)C23CC[C@H]1O3. The number of unbranched alkanes of at least 4 members (excludes halogenated alkanes) is 4. The van der Waals surface area contributed by atoms with E-state index < -0.39 is 35.6 Å². The van der Waals surface area contributed by atoms with E-state index in [1.165, 1.54) is 6.08 Å². The van der Waals surface area contributed by atoms with Crippen molar-refractivity contribution in [2.45, 2.75) is 76.0 Å². The van der Waals surface area contributed by atoms with Crippen LogP contribution in [0.1, 0.15) is 58.3 Å². The average Bonchev–Trinajstić information content (AvgIpc) is 3.47. The van der Waals surface area contributed by atoms with Gasteiger partial charge in [0, 0.05) is 26.2 Å². The van der Waals surface area contributed by atoms with Crippen molar-refractivity contribution in [1.29, 1.82) is 0 Å². The van der Waals surface area contributed by atoms with E-state index in [1.54, 1.807) is 15.9 Å². The van der Waals surface area contributed by atoms with Gasteiger partial charge in [-0.25, -0.2) is 0 Å². The molecule has 3 aliphatic heterocycles. The first kappa shape index (κ1) is 26.4. The van der Waals surface area contributed by atoms with Crippen molar-refractivity contribution in [1.82, 2.24) is 9.80 Å². The molecule has 34 heavy (non-hydrogen) atoms. The molecule has 3 rings (SSSR count). The maximum Gasteiger partial charge on any atom is 0.312 e. The number of aliphatic hydroxyl groups excluding tert-OH is 1. The van der Waals surface area contributed by atoms with Gasteiger partial charge in [-0.3, -0.25) is 14.4 Å². The average molecular weight is 477 g/mol. The fourth-order valence-corrected chi connectivity index (χ4v) is 5.89. The molecule has 3 fully saturated rings. The summed E-state index contributed by atoms with van der Waals surface area (Å²) < 4.78 is 11.8. The highest BCUT2D eigenvalue weighted by Gasteiger charge is 2.74. The van der Waals surface area contributed by atoms with Crippen LogP contribution in [0, 0.1) is 11.8 Å². The molecule has 2 bridgehead atoms. The van der Waals surface area contributed by atoms with Crippen LogP contribution >= 0.6 is 0 Å². The molecule has 0 aromatic heterocycles. The Hall–Kier alpha value is -2.19. The minimum atomic E-state index is -0.993. The van der Waals surface area contributed by atoms with Gasteiger partial charge in [-0.1, -0.05) is 44.9 Å². The van der Waals surface area contributed by atoms with Crippen molar-refractivity contribution in [3.8, 4) is 0 Å². The first-order chi connectivity index (χ1) is 16.5. The van der Waals surface area contributed by atoms with E-state index in [0.29, 0.717) is 32.5 Å². The third-order valence-electron chi connectivity index (χ3n) is 7.40. The number of aliphatic hydroxyl groups is 1. The first-order valence-electron chi connectivity index (χ1n) is 12.7. The number of ether oxygens (including phenoxy) is 2. The third-order valence-corrected chi connectivity index (χ3v) is 7.40. The highest BCUT2D eigenvalue weighted by atomic mass is 16.6. The van der Waals surface area contributed by atoms with Crippen LogP contribution < -0.4 is 0 Å². The summed E-state index contributed by atoms with van der Waals surface area (Å²) in [5.41, 5.74) is -0.993. The van der Waals surface area contributed by atoms with Crippen molar-refractivity contribution in [2.24, 2.45) is 11.8 Å². The number of carbonyl (C=O) groups excluding carboxylic acids is 3. The van der Waals surface area contributed by atoms with Crippen LogP contribution in [0.4, 0.5) is 0 Å². The maximum absolute atomic E-state index is 13.9. The highest BCUT2D eigenvalue weighted by Crippen LogP contribution is 2.58. The minimum absolute atomic E-state index is 0.0804. The van der Waals surface area contributed by atoms with Crippen molar-refractivity contribution in [2.75, 3.05) is 32.8 Å². The van der Waals surface area contributed by atoms with Gasteiger partial charge < -0.3 is 24.4 Å². The van der Waals surface area contributed by atoms with Crippen LogP contribution in [0.2, 0.25) is 0 Å². The number of amides is 2.